The molecule has 2 aromatic rings. The van der Waals surface area contributed by atoms with Crippen LogP contribution in [0.3, 0.4) is 0 Å². The van der Waals surface area contributed by atoms with E-state index < -0.39 is 0 Å². The maximum atomic E-state index is 5.46. The van der Waals surface area contributed by atoms with Crippen LogP contribution >= 0.6 is 15.9 Å². The molecule has 2 aromatic heterocycles. The van der Waals surface area contributed by atoms with Crippen molar-refractivity contribution in [1.82, 2.24) is 14.4 Å². The van der Waals surface area contributed by atoms with Crippen LogP contribution in [0.15, 0.2) is 23.1 Å². The van der Waals surface area contributed by atoms with Crippen molar-refractivity contribution >= 4 is 21.7 Å². The number of aromatic nitrogens is 3. The first-order chi connectivity index (χ1) is 6.33. The molecule has 2 N–H and O–H groups in total. The Labute approximate surface area is 83.9 Å². The van der Waals surface area contributed by atoms with E-state index in [-0.39, 0.29) is 0 Å². The molecule has 5 heteroatoms. The summed E-state index contributed by atoms with van der Waals surface area (Å²) in [6.45, 7) is 0.600. The largest absolute Gasteiger partial charge is 0.330 e. The maximum absolute atomic E-state index is 5.46. The van der Waals surface area contributed by atoms with Gasteiger partial charge in [0.05, 0.1) is 5.69 Å². The van der Waals surface area contributed by atoms with Crippen LogP contribution < -0.4 is 5.73 Å². The molecular formula is C8H9BrN4. The van der Waals surface area contributed by atoms with Gasteiger partial charge in [-0.15, -0.1) is 0 Å². The Balaban J connectivity index is 2.60. The van der Waals surface area contributed by atoms with Crippen molar-refractivity contribution in [2.45, 2.75) is 6.42 Å². The van der Waals surface area contributed by atoms with Crippen LogP contribution in [0.5, 0.6) is 0 Å². The van der Waals surface area contributed by atoms with Crippen molar-refractivity contribution in [2.24, 2.45) is 5.73 Å². The average Bonchev–Trinajstić information content (AvgIpc) is 2.46. The zero-order valence-corrected chi connectivity index (χ0v) is 8.53. The molecule has 0 saturated carbocycles. The maximum Gasteiger partial charge on any atom is 0.234 e. The van der Waals surface area contributed by atoms with E-state index in [1.807, 2.05) is 16.7 Å². The first kappa shape index (κ1) is 8.65. The molecule has 0 atom stereocenters. The first-order valence-corrected chi connectivity index (χ1v) is 4.79. The number of nitrogens with zero attached hydrogens (tertiary/aromatic N) is 3. The quantitative estimate of drug-likeness (QED) is 0.853. The summed E-state index contributed by atoms with van der Waals surface area (Å²) in [4.78, 5) is 8.45. The summed E-state index contributed by atoms with van der Waals surface area (Å²) in [7, 11) is 0. The van der Waals surface area contributed by atoms with Gasteiger partial charge in [0.25, 0.3) is 0 Å². The van der Waals surface area contributed by atoms with E-state index in [4.69, 9.17) is 5.73 Å². The van der Waals surface area contributed by atoms with E-state index in [1.54, 1.807) is 6.20 Å². The number of hydrogen-bond acceptors (Lipinski definition) is 3. The predicted octanol–water partition coefficient (Wildman–Crippen LogP) is 0.993. The molecule has 0 aliphatic rings. The Morgan fingerprint density at radius 1 is 1.54 bits per heavy atom. The molecule has 13 heavy (non-hydrogen) atoms. The van der Waals surface area contributed by atoms with Crippen molar-refractivity contribution in [3.05, 3.63) is 28.8 Å². The lowest BCUT2D eigenvalue weighted by atomic mass is 10.3. The fraction of sp³-hybridized carbons (Fsp3) is 0.250. The monoisotopic (exact) mass is 240 g/mol. The van der Waals surface area contributed by atoms with E-state index in [2.05, 4.69) is 25.9 Å². The fourth-order valence-corrected chi connectivity index (χ4v) is 1.76. The summed E-state index contributed by atoms with van der Waals surface area (Å²) >= 11 is 3.46. The third-order valence-corrected chi connectivity index (χ3v) is 2.63. The number of fused-ring (bicyclic) bond motifs is 1. The highest BCUT2D eigenvalue weighted by atomic mass is 79.9. The van der Waals surface area contributed by atoms with E-state index in [9.17, 15) is 0 Å². The third-order valence-electron chi connectivity index (χ3n) is 1.79. The minimum Gasteiger partial charge on any atom is -0.330 e. The van der Waals surface area contributed by atoms with Crippen LogP contribution in [0.25, 0.3) is 5.78 Å². The van der Waals surface area contributed by atoms with Crippen molar-refractivity contribution in [3.63, 3.8) is 0 Å². The van der Waals surface area contributed by atoms with E-state index in [0.717, 1.165) is 16.7 Å². The predicted molar refractivity (Wildman–Crippen MR) is 53.4 cm³/mol. The number of hydrogen-bond donors (Lipinski definition) is 1. The molecule has 0 amide bonds. The second-order valence-corrected chi connectivity index (χ2v) is 3.43. The van der Waals surface area contributed by atoms with Crippen LogP contribution in [-0.4, -0.2) is 20.9 Å². The average molecular weight is 241 g/mol. The van der Waals surface area contributed by atoms with Crippen LogP contribution in [0, 0.1) is 0 Å². The van der Waals surface area contributed by atoms with Gasteiger partial charge in [-0.25, -0.2) is 9.97 Å². The Morgan fingerprint density at radius 2 is 2.38 bits per heavy atom. The van der Waals surface area contributed by atoms with Gasteiger partial charge in [0.15, 0.2) is 0 Å². The summed E-state index contributed by atoms with van der Waals surface area (Å²) in [5.74, 6) is 0.706. The smallest absolute Gasteiger partial charge is 0.234 e. The first-order valence-electron chi connectivity index (χ1n) is 4.00. The van der Waals surface area contributed by atoms with E-state index >= 15 is 0 Å². The summed E-state index contributed by atoms with van der Waals surface area (Å²) in [5, 5.41) is 0. The summed E-state index contributed by atoms with van der Waals surface area (Å²) < 4.78 is 2.84. The molecule has 0 spiro atoms. The molecule has 0 fully saturated rings. The van der Waals surface area contributed by atoms with E-state index in [1.165, 1.54) is 0 Å². The Morgan fingerprint density at radius 3 is 3.08 bits per heavy atom. The lowest BCUT2D eigenvalue weighted by Gasteiger charge is -1.93. The second kappa shape index (κ2) is 3.43. The van der Waals surface area contributed by atoms with Crippen LogP contribution in [0.1, 0.15) is 5.69 Å². The molecule has 2 rings (SSSR count). The molecule has 0 aromatic carbocycles. The number of rotatable bonds is 2. The molecule has 2 heterocycles. The van der Waals surface area contributed by atoms with E-state index in [0.29, 0.717) is 12.3 Å². The standard InChI is InChI=1S/C8H9BrN4/c9-7-6(2-3-10)12-8-11-4-1-5-13(7)8/h1,4-5H,2-3,10H2. The van der Waals surface area contributed by atoms with Gasteiger partial charge >= 0.3 is 0 Å². The van der Waals surface area contributed by atoms with Gasteiger partial charge in [-0.2, -0.15) is 0 Å². The van der Waals surface area contributed by atoms with Gasteiger partial charge in [-0.3, -0.25) is 4.40 Å². The highest BCUT2D eigenvalue weighted by molar-refractivity contribution is 9.10. The lowest BCUT2D eigenvalue weighted by Crippen LogP contribution is -2.03. The lowest BCUT2D eigenvalue weighted by molar-refractivity contribution is 0.928. The van der Waals surface area contributed by atoms with Gasteiger partial charge in [0, 0.05) is 18.8 Å². The molecule has 0 unspecified atom stereocenters. The van der Waals surface area contributed by atoms with Crippen molar-refractivity contribution < 1.29 is 0 Å². The summed E-state index contributed by atoms with van der Waals surface area (Å²) in [6.07, 6.45) is 4.41. The zero-order chi connectivity index (χ0) is 9.26. The van der Waals surface area contributed by atoms with Crippen molar-refractivity contribution in [3.8, 4) is 0 Å². The highest BCUT2D eigenvalue weighted by Gasteiger charge is 2.08. The summed E-state index contributed by atoms with van der Waals surface area (Å²) in [6, 6.07) is 1.87. The molecule has 0 aliphatic carbocycles. The Kier molecular flexibility index (Phi) is 2.28. The Bertz CT molecular complexity index is 423. The van der Waals surface area contributed by atoms with Crippen LogP contribution in [-0.2, 0) is 6.42 Å². The summed E-state index contributed by atoms with van der Waals surface area (Å²) in [5.41, 5.74) is 6.42. The van der Waals surface area contributed by atoms with Crippen LogP contribution in [0.2, 0.25) is 0 Å². The minimum atomic E-state index is 0.600. The van der Waals surface area contributed by atoms with Crippen molar-refractivity contribution in [1.29, 1.82) is 0 Å². The molecular weight excluding hydrogens is 232 g/mol. The van der Waals surface area contributed by atoms with Crippen molar-refractivity contribution in [2.75, 3.05) is 6.54 Å². The number of nitrogens with two attached hydrogens (primary N) is 1. The molecule has 0 aliphatic heterocycles. The Hall–Kier alpha value is -0.940. The van der Waals surface area contributed by atoms with Gasteiger partial charge in [0.1, 0.15) is 4.60 Å². The highest BCUT2D eigenvalue weighted by Crippen LogP contribution is 2.17. The van der Waals surface area contributed by atoms with Gasteiger partial charge in [-0.05, 0) is 28.5 Å². The molecule has 68 valence electrons. The second-order valence-electron chi connectivity index (χ2n) is 2.68. The van der Waals surface area contributed by atoms with Crippen LogP contribution in [0.4, 0.5) is 0 Å². The molecule has 0 radical (unpaired) electrons. The topological polar surface area (TPSA) is 56.2 Å². The van der Waals surface area contributed by atoms with Gasteiger partial charge in [0.2, 0.25) is 5.78 Å². The number of imidazole rings is 1. The van der Waals surface area contributed by atoms with Gasteiger partial charge < -0.3 is 5.73 Å². The third kappa shape index (κ3) is 1.45. The minimum absolute atomic E-state index is 0.600. The zero-order valence-electron chi connectivity index (χ0n) is 6.94. The molecule has 4 nitrogen and oxygen atoms in total. The number of halogens is 1. The molecule has 0 saturated heterocycles. The molecule has 0 bridgehead atoms. The normalized spacial score (nSPS) is 10.9. The fourth-order valence-electron chi connectivity index (χ4n) is 1.20. The van der Waals surface area contributed by atoms with Gasteiger partial charge in [-0.1, -0.05) is 0 Å². The SMILES string of the molecule is NCCc1nc2ncccn2c1Br.